The molecule has 6 heteroatoms. The van der Waals surface area contributed by atoms with Crippen LogP contribution in [0.25, 0.3) is 0 Å². The van der Waals surface area contributed by atoms with Gasteiger partial charge in [-0.25, -0.2) is 4.79 Å². The van der Waals surface area contributed by atoms with E-state index in [4.69, 9.17) is 9.47 Å². The first-order chi connectivity index (χ1) is 11.7. The summed E-state index contributed by atoms with van der Waals surface area (Å²) in [5, 5.41) is 0. The number of carbonyl (C=O) groups is 2. The highest BCUT2D eigenvalue weighted by molar-refractivity contribution is 5.72. The molecule has 0 aromatic heterocycles. The van der Waals surface area contributed by atoms with Gasteiger partial charge in [0.1, 0.15) is 5.75 Å². The van der Waals surface area contributed by atoms with Crippen molar-refractivity contribution in [2.45, 2.75) is 26.2 Å². The number of para-hydroxylation sites is 1. The van der Waals surface area contributed by atoms with Crippen molar-refractivity contribution in [1.82, 2.24) is 9.80 Å². The summed E-state index contributed by atoms with van der Waals surface area (Å²) >= 11 is 0. The summed E-state index contributed by atoms with van der Waals surface area (Å²) in [4.78, 5) is 27.7. The number of nitrogens with zero attached hydrogens (tertiary/aromatic N) is 2. The number of rotatable bonds is 6. The molecule has 1 amide bonds. The number of carbonyl (C=O) groups excluding carboxylic acids is 2. The Bertz CT molecular complexity index is 521. The SMILES string of the molecule is CCCCOC(=O)CN1CCCN(C(=O)Oc2ccccc2)CC1. The molecule has 1 fully saturated rings. The molecule has 0 unspecified atom stereocenters. The minimum Gasteiger partial charge on any atom is -0.465 e. The topological polar surface area (TPSA) is 59.1 Å². The van der Waals surface area contributed by atoms with Gasteiger partial charge in [0, 0.05) is 26.2 Å². The quantitative estimate of drug-likeness (QED) is 0.591. The number of esters is 1. The minimum atomic E-state index is -0.339. The smallest absolute Gasteiger partial charge is 0.415 e. The molecule has 0 bridgehead atoms. The Morgan fingerprint density at radius 3 is 2.62 bits per heavy atom. The Balaban J connectivity index is 1.75. The van der Waals surface area contributed by atoms with Crippen LogP contribution in [0.5, 0.6) is 5.75 Å². The number of ether oxygens (including phenoxy) is 2. The molecule has 0 aliphatic carbocycles. The molecule has 0 saturated carbocycles. The summed E-state index contributed by atoms with van der Waals surface area (Å²) in [5.74, 6) is 0.354. The molecule has 0 atom stereocenters. The zero-order chi connectivity index (χ0) is 17.2. The second-order valence-corrected chi connectivity index (χ2v) is 5.87. The zero-order valence-corrected chi connectivity index (χ0v) is 14.3. The molecule has 1 aliphatic rings. The summed E-state index contributed by atoms with van der Waals surface area (Å²) < 4.78 is 10.6. The van der Waals surface area contributed by atoms with Crippen molar-refractivity contribution in [1.29, 1.82) is 0 Å². The highest BCUT2D eigenvalue weighted by atomic mass is 16.6. The fourth-order valence-electron chi connectivity index (χ4n) is 2.52. The van der Waals surface area contributed by atoms with E-state index in [0.717, 1.165) is 25.8 Å². The van der Waals surface area contributed by atoms with E-state index in [2.05, 4.69) is 6.92 Å². The van der Waals surface area contributed by atoms with E-state index < -0.39 is 0 Å². The van der Waals surface area contributed by atoms with Crippen LogP contribution in [-0.4, -0.2) is 61.2 Å². The van der Waals surface area contributed by atoms with E-state index >= 15 is 0 Å². The molecule has 0 radical (unpaired) electrons. The summed E-state index contributed by atoms with van der Waals surface area (Å²) in [6.45, 7) is 5.43. The summed E-state index contributed by atoms with van der Waals surface area (Å²) in [5.41, 5.74) is 0. The van der Waals surface area contributed by atoms with Gasteiger partial charge in [-0.1, -0.05) is 31.5 Å². The molecular weight excluding hydrogens is 308 g/mol. The van der Waals surface area contributed by atoms with Crippen LogP contribution in [0.1, 0.15) is 26.2 Å². The Morgan fingerprint density at radius 2 is 1.88 bits per heavy atom. The van der Waals surface area contributed by atoms with Gasteiger partial charge in [-0.05, 0) is 25.0 Å². The Morgan fingerprint density at radius 1 is 1.08 bits per heavy atom. The maximum absolute atomic E-state index is 12.2. The third-order valence-electron chi connectivity index (χ3n) is 3.91. The number of unbranched alkanes of at least 4 members (excludes halogenated alkanes) is 1. The van der Waals surface area contributed by atoms with Crippen molar-refractivity contribution in [2.75, 3.05) is 39.3 Å². The Labute approximate surface area is 143 Å². The first-order valence-corrected chi connectivity index (χ1v) is 8.59. The molecule has 0 N–H and O–H groups in total. The second kappa shape index (κ2) is 9.93. The van der Waals surface area contributed by atoms with Gasteiger partial charge in [-0.15, -0.1) is 0 Å². The van der Waals surface area contributed by atoms with Crippen molar-refractivity contribution >= 4 is 12.1 Å². The molecule has 1 aromatic carbocycles. The predicted octanol–water partition coefficient (Wildman–Crippen LogP) is 2.54. The van der Waals surface area contributed by atoms with E-state index in [9.17, 15) is 9.59 Å². The number of benzene rings is 1. The molecule has 1 aliphatic heterocycles. The third-order valence-corrected chi connectivity index (χ3v) is 3.91. The van der Waals surface area contributed by atoms with Gasteiger partial charge in [0.05, 0.1) is 13.2 Å². The van der Waals surface area contributed by atoms with Gasteiger partial charge >= 0.3 is 12.1 Å². The normalized spacial score (nSPS) is 15.6. The standard InChI is InChI=1S/C18H26N2O4/c1-2-3-14-23-17(21)15-19-10-7-11-20(13-12-19)18(22)24-16-8-5-4-6-9-16/h4-6,8-9H,2-3,7,10-15H2,1H3. The molecule has 1 saturated heterocycles. The van der Waals surface area contributed by atoms with Crippen molar-refractivity contribution in [2.24, 2.45) is 0 Å². The largest absolute Gasteiger partial charge is 0.465 e. The van der Waals surface area contributed by atoms with Crippen LogP contribution in [0, 0.1) is 0 Å². The maximum atomic E-state index is 12.2. The van der Waals surface area contributed by atoms with Crippen LogP contribution in [0.3, 0.4) is 0 Å². The second-order valence-electron chi connectivity index (χ2n) is 5.87. The third kappa shape index (κ3) is 6.20. The van der Waals surface area contributed by atoms with E-state index in [-0.39, 0.29) is 18.6 Å². The summed E-state index contributed by atoms with van der Waals surface area (Å²) in [7, 11) is 0. The van der Waals surface area contributed by atoms with Crippen molar-refractivity contribution in [3.63, 3.8) is 0 Å². The number of hydrogen-bond acceptors (Lipinski definition) is 5. The van der Waals surface area contributed by atoms with Crippen LogP contribution in [0.2, 0.25) is 0 Å². The molecule has 1 heterocycles. The molecule has 2 rings (SSSR count). The lowest BCUT2D eigenvalue weighted by atomic mass is 10.3. The van der Waals surface area contributed by atoms with Crippen molar-refractivity contribution in [3.05, 3.63) is 30.3 Å². The molecule has 24 heavy (non-hydrogen) atoms. The molecule has 6 nitrogen and oxygen atoms in total. The van der Waals surface area contributed by atoms with Crippen LogP contribution < -0.4 is 4.74 Å². The van der Waals surface area contributed by atoms with Crippen LogP contribution >= 0.6 is 0 Å². The van der Waals surface area contributed by atoms with Crippen LogP contribution in [0.15, 0.2) is 30.3 Å². The molecule has 0 spiro atoms. The highest BCUT2D eigenvalue weighted by Gasteiger charge is 2.22. The zero-order valence-electron chi connectivity index (χ0n) is 14.3. The number of amides is 1. The Hall–Kier alpha value is -2.08. The lowest BCUT2D eigenvalue weighted by Crippen LogP contribution is -2.38. The van der Waals surface area contributed by atoms with Crippen molar-refractivity contribution in [3.8, 4) is 5.75 Å². The van der Waals surface area contributed by atoms with E-state index in [1.165, 1.54) is 0 Å². The van der Waals surface area contributed by atoms with Gasteiger partial charge in [0.15, 0.2) is 0 Å². The summed E-state index contributed by atoms with van der Waals surface area (Å²) in [6.07, 6.45) is 2.38. The van der Waals surface area contributed by atoms with E-state index in [1.807, 2.05) is 23.1 Å². The average molecular weight is 334 g/mol. The van der Waals surface area contributed by atoms with Gasteiger partial charge in [-0.2, -0.15) is 0 Å². The van der Waals surface area contributed by atoms with Gasteiger partial charge < -0.3 is 14.4 Å². The number of hydrogen-bond donors (Lipinski definition) is 0. The minimum absolute atomic E-state index is 0.191. The molecule has 132 valence electrons. The predicted molar refractivity (Wildman–Crippen MR) is 91.0 cm³/mol. The first-order valence-electron chi connectivity index (χ1n) is 8.59. The fraction of sp³-hybridized carbons (Fsp3) is 0.556. The Kier molecular flexibility index (Phi) is 7.55. The fourth-order valence-corrected chi connectivity index (χ4v) is 2.52. The molecular formula is C18H26N2O4. The van der Waals surface area contributed by atoms with Gasteiger partial charge in [0.25, 0.3) is 0 Å². The van der Waals surface area contributed by atoms with Crippen LogP contribution in [-0.2, 0) is 9.53 Å². The first kappa shape index (κ1) is 18.3. The van der Waals surface area contributed by atoms with Crippen molar-refractivity contribution < 1.29 is 19.1 Å². The van der Waals surface area contributed by atoms with Crippen LogP contribution in [0.4, 0.5) is 4.79 Å². The van der Waals surface area contributed by atoms with E-state index in [1.54, 1.807) is 17.0 Å². The summed E-state index contributed by atoms with van der Waals surface area (Å²) in [6, 6.07) is 9.05. The lowest BCUT2D eigenvalue weighted by Gasteiger charge is -2.21. The highest BCUT2D eigenvalue weighted by Crippen LogP contribution is 2.12. The maximum Gasteiger partial charge on any atom is 0.415 e. The van der Waals surface area contributed by atoms with E-state index in [0.29, 0.717) is 32.0 Å². The van der Waals surface area contributed by atoms with Gasteiger partial charge in [-0.3, -0.25) is 9.69 Å². The van der Waals surface area contributed by atoms with Gasteiger partial charge in [0.2, 0.25) is 0 Å². The lowest BCUT2D eigenvalue weighted by molar-refractivity contribution is -0.145. The molecule has 1 aromatic rings. The monoisotopic (exact) mass is 334 g/mol. The average Bonchev–Trinajstić information content (AvgIpc) is 2.82.